The maximum atomic E-state index is 11.3. The predicted molar refractivity (Wildman–Crippen MR) is 88.0 cm³/mol. The van der Waals surface area contributed by atoms with Gasteiger partial charge in [-0.2, -0.15) is 0 Å². The average Bonchev–Trinajstić information content (AvgIpc) is 2.78. The zero-order valence-corrected chi connectivity index (χ0v) is 12.6. The summed E-state index contributed by atoms with van der Waals surface area (Å²) in [4.78, 5) is 22.5. The van der Waals surface area contributed by atoms with Gasteiger partial charge in [0.15, 0.2) is 6.29 Å². The number of amides is 1. The van der Waals surface area contributed by atoms with Gasteiger partial charge in [0, 0.05) is 23.7 Å². The van der Waals surface area contributed by atoms with E-state index in [0.29, 0.717) is 16.4 Å². The molecule has 0 aliphatic carbocycles. The Bertz CT molecular complexity index is 883. The van der Waals surface area contributed by atoms with Crippen LogP contribution in [0.15, 0.2) is 48.5 Å². The molecule has 3 rings (SSSR count). The van der Waals surface area contributed by atoms with Crippen molar-refractivity contribution in [2.45, 2.75) is 6.92 Å². The van der Waals surface area contributed by atoms with Crippen LogP contribution in [-0.2, 0) is 4.79 Å². The first-order valence-corrected chi connectivity index (χ1v) is 7.11. The van der Waals surface area contributed by atoms with Crippen LogP contribution in [0, 0.1) is 0 Å². The molecule has 0 spiro atoms. The molecule has 0 aliphatic heterocycles. The van der Waals surface area contributed by atoms with E-state index in [1.165, 1.54) is 6.92 Å². The maximum Gasteiger partial charge on any atom is 0.221 e. The van der Waals surface area contributed by atoms with E-state index in [2.05, 4.69) is 5.32 Å². The number of aromatic nitrogens is 1. The van der Waals surface area contributed by atoms with Gasteiger partial charge in [-0.1, -0.05) is 35.9 Å². The zero-order valence-electron chi connectivity index (χ0n) is 11.8. The molecular weight excluding hydrogens is 300 g/mol. The Morgan fingerprint density at radius 1 is 1.18 bits per heavy atom. The summed E-state index contributed by atoms with van der Waals surface area (Å²) in [5.74, 6) is -0.144. The van der Waals surface area contributed by atoms with Crippen LogP contribution in [0.2, 0.25) is 5.15 Å². The lowest BCUT2D eigenvalue weighted by molar-refractivity contribution is -0.114. The Morgan fingerprint density at radius 3 is 2.68 bits per heavy atom. The first kappa shape index (κ1) is 14.4. The number of hydrogen-bond donors (Lipinski definition) is 1. The van der Waals surface area contributed by atoms with Crippen molar-refractivity contribution in [2.75, 3.05) is 5.32 Å². The quantitative estimate of drug-likeness (QED) is 0.742. The van der Waals surface area contributed by atoms with Crippen LogP contribution < -0.4 is 5.32 Å². The van der Waals surface area contributed by atoms with Crippen LogP contribution >= 0.6 is 11.6 Å². The van der Waals surface area contributed by atoms with Gasteiger partial charge < -0.3 is 5.32 Å². The molecule has 2 aromatic carbocycles. The summed E-state index contributed by atoms with van der Waals surface area (Å²) in [5, 5.41) is 3.89. The minimum atomic E-state index is -0.144. The number of halogens is 1. The van der Waals surface area contributed by atoms with Crippen LogP contribution in [0.5, 0.6) is 0 Å². The van der Waals surface area contributed by atoms with Gasteiger partial charge >= 0.3 is 0 Å². The lowest BCUT2D eigenvalue weighted by Gasteiger charge is -2.09. The van der Waals surface area contributed by atoms with E-state index in [1.54, 1.807) is 10.6 Å². The molecule has 3 aromatic rings. The molecular formula is C17H13ClN2O2. The van der Waals surface area contributed by atoms with Crippen LogP contribution in [0.25, 0.3) is 16.6 Å². The molecule has 22 heavy (non-hydrogen) atoms. The number of para-hydroxylation sites is 1. The van der Waals surface area contributed by atoms with Gasteiger partial charge in [0.1, 0.15) is 5.15 Å². The Balaban J connectivity index is 2.24. The molecule has 1 amide bonds. The highest BCUT2D eigenvalue weighted by molar-refractivity contribution is 6.34. The highest BCUT2D eigenvalue weighted by Crippen LogP contribution is 2.32. The second-order valence-electron chi connectivity index (χ2n) is 4.91. The van der Waals surface area contributed by atoms with Gasteiger partial charge in [-0.25, -0.2) is 0 Å². The Hall–Kier alpha value is -2.59. The third kappa shape index (κ3) is 2.38. The number of hydrogen-bond acceptors (Lipinski definition) is 2. The third-order valence-electron chi connectivity index (χ3n) is 3.40. The normalized spacial score (nSPS) is 10.6. The number of aldehydes is 1. The van der Waals surface area contributed by atoms with Crippen molar-refractivity contribution in [3.05, 3.63) is 59.2 Å². The summed E-state index contributed by atoms with van der Waals surface area (Å²) < 4.78 is 1.80. The van der Waals surface area contributed by atoms with E-state index >= 15 is 0 Å². The third-order valence-corrected chi connectivity index (χ3v) is 3.77. The van der Waals surface area contributed by atoms with Gasteiger partial charge in [-0.05, 0) is 24.3 Å². The molecule has 5 heteroatoms. The molecule has 4 nitrogen and oxygen atoms in total. The zero-order chi connectivity index (χ0) is 15.7. The monoisotopic (exact) mass is 312 g/mol. The number of carbonyl (C=O) groups is 2. The largest absolute Gasteiger partial charge is 0.326 e. The standard InChI is InChI=1S/C17H13ClN2O2/c1-11(22)19-12-5-4-6-13(9-12)20-16-8-3-2-7-14(16)15(10-21)17(20)18/h2-10H,1H3,(H,19,22). The fourth-order valence-corrected chi connectivity index (χ4v) is 2.86. The topological polar surface area (TPSA) is 51.1 Å². The van der Waals surface area contributed by atoms with Gasteiger partial charge in [0.2, 0.25) is 5.91 Å². The minimum absolute atomic E-state index is 0.144. The number of carbonyl (C=O) groups excluding carboxylic acids is 2. The fraction of sp³-hybridized carbons (Fsp3) is 0.0588. The minimum Gasteiger partial charge on any atom is -0.326 e. The van der Waals surface area contributed by atoms with E-state index in [0.717, 1.165) is 22.9 Å². The van der Waals surface area contributed by atoms with Crippen molar-refractivity contribution in [3.8, 4) is 5.69 Å². The fourth-order valence-electron chi connectivity index (χ4n) is 2.52. The van der Waals surface area contributed by atoms with Crippen LogP contribution in [0.3, 0.4) is 0 Å². The summed E-state index contributed by atoms with van der Waals surface area (Å²) in [7, 11) is 0. The molecule has 1 N–H and O–H groups in total. The lowest BCUT2D eigenvalue weighted by Crippen LogP contribution is -2.06. The molecule has 0 aliphatic rings. The highest BCUT2D eigenvalue weighted by Gasteiger charge is 2.16. The molecule has 1 heterocycles. The number of benzene rings is 2. The van der Waals surface area contributed by atoms with E-state index in [9.17, 15) is 9.59 Å². The van der Waals surface area contributed by atoms with E-state index in [4.69, 9.17) is 11.6 Å². The number of rotatable bonds is 3. The van der Waals surface area contributed by atoms with Crippen molar-refractivity contribution in [1.82, 2.24) is 4.57 Å². The first-order valence-electron chi connectivity index (χ1n) is 6.74. The Kier molecular flexibility index (Phi) is 3.69. The smallest absolute Gasteiger partial charge is 0.221 e. The molecule has 0 saturated heterocycles. The second-order valence-corrected chi connectivity index (χ2v) is 5.26. The SMILES string of the molecule is CC(=O)Nc1cccc(-n2c(Cl)c(C=O)c3ccccc32)c1. The van der Waals surface area contributed by atoms with Gasteiger partial charge in [-0.15, -0.1) is 0 Å². The molecule has 110 valence electrons. The maximum absolute atomic E-state index is 11.3. The number of nitrogens with one attached hydrogen (secondary N) is 1. The van der Waals surface area contributed by atoms with Gasteiger partial charge in [-0.3, -0.25) is 14.2 Å². The van der Waals surface area contributed by atoms with Gasteiger partial charge in [0.25, 0.3) is 0 Å². The Labute approximate surface area is 132 Å². The van der Waals surface area contributed by atoms with Crippen molar-refractivity contribution < 1.29 is 9.59 Å². The number of anilines is 1. The van der Waals surface area contributed by atoms with Crippen LogP contribution in [-0.4, -0.2) is 16.8 Å². The van der Waals surface area contributed by atoms with Crippen molar-refractivity contribution in [3.63, 3.8) is 0 Å². The molecule has 0 bridgehead atoms. The first-order chi connectivity index (χ1) is 10.6. The molecule has 0 fully saturated rings. The van der Waals surface area contributed by atoms with Crippen molar-refractivity contribution in [1.29, 1.82) is 0 Å². The molecule has 0 saturated carbocycles. The van der Waals surface area contributed by atoms with Crippen LogP contribution in [0.4, 0.5) is 5.69 Å². The summed E-state index contributed by atoms with van der Waals surface area (Å²) in [6, 6.07) is 14.8. The second kappa shape index (κ2) is 5.66. The van der Waals surface area contributed by atoms with E-state index in [-0.39, 0.29) is 5.91 Å². The average molecular weight is 313 g/mol. The molecule has 0 radical (unpaired) electrons. The summed E-state index contributed by atoms with van der Waals surface area (Å²) in [6.45, 7) is 1.45. The highest BCUT2D eigenvalue weighted by atomic mass is 35.5. The Morgan fingerprint density at radius 2 is 1.95 bits per heavy atom. The van der Waals surface area contributed by atoms with Crippen molar-refractivity contribution in [2.24, 2.45) is 0 Å². The van der Waals surface area contributed by atoms with E-state index in [1.807, 2.05) is 42.5 Å². The predicted octanol–water partition coefficient (Wildman–Crippen LogP) is 4.05. The van der Waals surface area contributed by atoms with Crippen LogP contribution in [0.1, 0.15) is 17.3 Å². The molecule has 1 aromatic heterocycles. The summed E-state index contributed by atoms with van der Waals surface area (Å²) in [5.41, 5.74) is 2.75. The molecule has 0 unspecified atom stereocenters. The molecule has 0 atom stereocenters. The van der Waals surface area contributed by atoms with Gasteiger partial charge in [0.05, 0.1) is 11.1 Å². The van der Waals surface area contributed by atoms with Crippen molar-refractivity contribution >= 4 is 40.4 Å². The lowest BCUT2D eigenvalue weighted by atomic mass is 10.2. The number of nitrogens with zero attached hydrogens (tertiary/aromatic N) is 1. The van der Waals surface area contributed by atoms with E-state index < -0.39 is 0 Å². The number of fused-ring (bicyclic) bond motifs is 1. The summed E-state index contributed by atoms with van der Waals surface area (Å²) in [6.07, 6.45) is 0.763. The summed E-state index contributed by atoms with van der Waals surface area (Å²) >= 11 is 6.39.